The van der Waals surface area contributed by atoms with E-state index >= 15 is 0 Å². The van der Waals surface area contributed by atoms with Crippen molar-refractivity contribution in [2.24, 2.45) is 17.1 Å². The maximum atomic E-state index is 6.21. The number of rotatable bonds is 2. The molecule has 2 atom stereocenters. The molecule has 1 saturated heterocycles. The third-order valence-corrected chi connectivity index (χ3v) is 5.81. The lowest BCUT2D eigenvalue weighted by Gasteiger charge is -2.44. The summed E-state index contributed by atoms with van der Waals surface area (Å²) in [7, 11) is 0. The van der Waals surface area contributed by atoms with Gasteiger partial charge in [0.05, 0.1) is 0 Å². The smallest absolute Gasteiger partial charge is 0.0362 e. The zero-order valence-electron chi connectivity index (χ0n) is 11.7. The highest BCUT2D eigenvalue weighted by molar-refractivity contribution is 7.99. The molecule has 1 aliphatic carbocycles. The van der Waals surface area contributed by atoms with Crippen LogP contribution in [0.15, 0.2) is 0 Å². The van der Waals surface area contributed by atoms with E-state index in [0.717, 1.165) is 12.5 Å². The Morgan fingerprint density at radius 3 is 2.65 bits per heavy atom. The van der Waals surface area contributed by atoms with E-state index in [4.69, 9.17) is 5.73 Å². The quantitative estimate of drug-likeness (QED) is 0.823. The minimum atomic E-state index is 0.286. The summed E-state index contributed by atoms with van der Waals surface area (Å²) in [4.78, 5) is 2.73. The Bertz CT molecular complexity index is 259. The van der Waals surface area contributed by atoms with Crippen LogP contribution in [-0.2, 0) is 0 Å². The van der Waals surface area contributed by atoms with Crippen LogP contribution >= 0.6 is 11.8 Å². The molecular formula is C14H28N2S. The van der Waals surface area contributed by atoms with Gasteiger partial charge in [0, 0.05) is 24.4 Å². The number of nitrogens with two attached hydrogens (primary N) is 1. The van der Waals surface area contributed by atoms with Crippen LogP contribution < -0.4 is 5.73 Å². The summed E-state index contributed by atoms with van der Waals surface area (Å²) in [5.74, 6) is 3.36. The average molecular weight is 256 g/mol. The van der Waals surface area contributed by atoms with Crippen molar-refractivity contribution in [2.45, 2.75) is 45.6 Å². The number of hydrogen-bond acceptors (Lipinski definition) is 3. The van der Waals surface area contributed by atoms with Gasteiger partial charge in [0.15, 0.2) is 0 Å². The largest absolute Gasteiger partial charge is 0.329 e. The van der Waals surface area contributed by atoms with Gasteiger partial charge in [0.25, 0.3) is 0 Å². The fourth-order valence-corrected chi connectivity index (χ4v) is 5.00. The standard InChI is InChI=1S/C14H28N2S/c1-12-9-13(2,3)10-14(12,11-15)16-5-4-7-17-8-6-16/h12H,4-11,15H2,1-3H3. The second-order valence-electron chi connectivity index (χ2n) is 6.71. The molecule has 2 N–H and O–H groups in total. The van der Waals surface area contributed by atoms with E-state index in [1.165, 1.54) is 43.9 Å². The molecule has 3 heteroatoms. The highest BCUT2D eigenvalue weighted by atomic mass is 32.2. The number of thioether (sulfide) groups is 1. The predicted octanol–water partition coefficient (Wildman–Crippen LogP) is 2.58. The van der Waals surface area contributed by atoms with E-state index in [-0.39, 0.29) is 5.54 Å². The first-order valence-electron chi connectivity index (χ1n) is 7.03. The SMILES string of the molecule is CC1CC(C)(C)CC1(CN)N1CCCSCC1. The Hall–Kier alpha value is 0.270. The molecule has 2 aliphatic rings. The van der Waals surface area contributed by atoms with E-state index in [0.29, 0.717) is 5.41 Å². The van der Waals surface area contributed by atoms with Crippen LogP contribution in [0.3, 0.4) is 0 Å². The maximum absolute atomic E-state index is 6.21. The van der Waals surface area contributed by atoms with Crippen molar-refractivity contribution in [3.05, 3.63) is 0 Å². The van der Waals surface area contributed by atoms with Crippen molar-refractivity contribution in [1.29, 1.82) is 0 Å². The summed E-state index contributed by atoms with van der Waals surface area (Å²) >= 11 is 2.11. The fraction of sp³-hybridized carbons (Fsp3) is 1.00. The molecule has 0 amide bonds. The molecule has 2 rings (SSSR count). The summed E-state index contributed by atoms with van der Waals surface area (Å²) in [6, 6.07) is 0. The first kappa shape index (κ1) is 13.7. The van der Waals surface area contributed by atoms with E-state index in [1.807, 2.05) is 0 Å². The zero-order chi connectivity index (χ0) is 12.5. The Balaban J connectivity index is 2.18. The first-order chi connectivity index (χ1) is 8.00. The van der Waals surface area contributed by atoms with E-state index in [9.17, 15) is 0 Å². The minimum Gasteiger partial charge on any atom is -0.329 e. The van der Waals surface area contributed by atoms with Crippen LogP contribution in [0.1, 0.15) is 40.0 Å². The Kier molecular flexibility index (Phi) is 4.11. The molecule has 0 spiro atoms. The van der Waals surface area contributed by atoms with Crippen LogP contribution in [0.5, 0.6) is 0 Å². The van der Waals surface area contributed by atoms with Gasteiger partial charge in [-0.2, -0.15) is 11.8 Å². The van der Waals surface area contributed by atoms with Crippen molar-refractivity contribution in [3.8, 4) is 0 Å². The van der Waals surface area contributed by atoms with Crippen LogP contribution in [0.4, 0.5) is 0 Å². The minimum absolute atomic E-state index is 0.286. The Morgan fingerprint density at radius 2 is 2.06 bits per heavy atom. The van der Waals surface area contributed by atoms with Crippen molar-refractivity contribution in [3.63, 3.8) is 0 Å². The van der Waals surface area contributed by atoms with Gasteiger partial charge in [-0.15, -0.1) is 0 Å². The average Bonchev–Trinajstić information content (AvgIpc) is 2.49. The summed E-state index contributed by atoms with van der Waals surface area (Å²) in [5, 5.41) is 0. The fourth-order valence-electron chi connectivity index (χ4n) is 4.11. The van der Waals surface area contributed by atoms with Gasteiger partial charge >= 0.3 is 0 Å². The second kappa shape index (κ2) is 5.10. The lowest BCUT2D eigenvalue weighted by Crippen LogP contribution is -2.56. The van der Waals surface area contributed by atoms with E-state index in [1.54, 1.807) is 0 Å². The highest BCUT2D eigenvalue weighted by Gasteiger charge is 2.50. The van der Waals surface area contributed by atoms with Gasteiger partial charge in [0.1, 0.15) is 0 Å². The van der Waals surface area contributed by atoms with Gasteiger partial charge in [-0.3, -0.25) is 4.90 Å². The number of hydrogen-bond donors (Lipinski definition) is 1. The molecule has 2 unspecified atom stereocenters. The molecule has 17 heavy (non-hydrogen) atoms. The topological polar surface area (TPSA) is 29.3 Å². The van der Waals surface area contributed by atoms with Crippen LogP contribution in [0.2, 0.25) is 0 Å². The molecule has 0 aromatic rings. The van der Waals surface area contributed by atoms with Gasteiger partial charge in [-0.1, -0.05) is 20.8 Å². The maximum Gasteiger partial charge on any atom is 0.0362 e. The molecular weight excluding hydrogens is 228 g/mol. The molecule has 0 aromatic carbocycles. The Morgan fingerprint density at radius 1 is 1.29 bits per heavy atom. The molecule has 0 bridgehead atoms. The summed E-state index contributed by atoms with van der Waals surface area (Å²) in [6.07, 6.45) is 3.94. The van der Waals surface area contributed by atoms with Crippen molar-refractivity contribution >= 4 is 11.8 Å². The normalized spacial score (nSPS) is 39.2. The molecule has 0 radical (unpaired) electrons. The van der Waals surface area contributed by atoms with Gasteiger partial charge < -0.3 is 5.73 Å². The van der Waals surface area contributed by atoms with Gasteiger partial charge in [-0.25, -0.2) is 0 Å². The first-order valence-corrected chi connectivity index (χ1v) is 8.18. The summed E-state index contributed by atoms with van der Waals surface area (Å²) in [5.41, 5.74) is 6.97. The molecule has 1 aliphatic heterocycles. The van der Waals surface area contributed by atoms with Crippen LogP contribution in [0.25, 0.3) is 0 Å². The molecule has 1 heterocycles. The zero-order valence-corrected chi connectivity index (χ0v) is 12.5. The van der Waals surface area contributed by atoms with Gasteiger partial charge in [-0.05, 0) is 42.9 Å². The lowest BCUT2D eigenvalue weighted by atomic mass is 9.84. The summed E-state index contributed by atoms with van der Waals surface area (Å²) in [6.45, 7) is 10.6. The van der Waals surface area contributed by atoms with E-state index in [2.05, 4.69) is 37.4 Å². The second-order valence-corrected chi connectivity index (χ2v) is 7.93. The van der Waals surface area contributed by atoms with Crippen molar-refractivity contribution < 1.29 is 0 Å². The predicted molar refractivity (Wildman–Crippen MR) is 77.5 cm³/mol. The Labute approximate surface area is 111 Å². The third-order valence-electron chi connectivity index (χ3n) is 4.77. The summed E-state index contributed by atoms with van der Waals surface area (Å²) < 4.78 is 0. The lowest BCUT2D eigenvalue weighted by molar-refractivity contribution is 0.0666. The van der Waals surface area contributed by atoms with Gasteiger partial charge in [0.2, 0.25) is 0 Å². The molecule has 0 aromatic heterocycles. The van der Waals surface area contributed by atoms with Crippen LogP contribution in [-0.4, -0.2) is 41.6 Å². The molecule has 100 valence electrons. The highest BCUT2D eigenvalue weighted by Crippen LogP contribution is 2.50. The molecule has 2 nitrogen and oxygen atoms in total. The van der Waals surface area contributed by atoms with E-state index < -0.39 is 0 Å². The molecule has 1 saturated carbocycles. The molecule has 2 fully saturated rings. The van der Waals surface area contributed by atoms with Crippen molar-refractivity contribution in [2.75, 3.05) is 31.1 Å². The third kappa shape index (κ3) is 2.66. The van der Waals surface area contributed by atoms with Crippen molar-refractivity contribution in [1.82, 2.24) is 4.90 Å². The number of nitrogens with zero attached hydrogens (tertiary/aromatic N) is 1. The van der Waals surface area contributed by atoms with Crippen LogP contribution in [0, 0.1) is 11.3 Å². The monoisotopic (exact) mass is 256 g/mol.